The van der Waals surface area contributed by atoms with Crippen molar-refractivity contribution in [2.75, 3.05) is 6.54 Å². The zero-order valence-corrected chi connectivity index (χ0v) is 17.4. The number of carbonyl (C=O) groups is 2. The molecule has 2 aromatic rings. The molecule has 0 saturated carbocycles. The number of aryl methyl sites for hydroxylation is 2. The van der Waals surface area contributed by atoms with Gasteiger partial charge in [0.15, 0.2) is 5.78 Å². The number of hydrogen-bond donors (Lipinski definition) is 2. The van der Waals surface area contributed by atoms with Gasteiger partial charge in [-0.25, -0.2) is 9.48 Å². The molecule has 2 N–H and O–H groups in total. The molecular formula is C21H27N5O4. The number of Topliss-reactive ketones (excluding diaryl/α,β-unsaturated/α-hetero) is 1. The Bertz CT molecular complexity index is 1120. The molecule has 0 radical (unpaired) electrons. The summed E-state index contributed by atoms with van der Waals surface area (Å²) in [5.41, 5.74) is 0.159. The molecule has 2 aromatic heterocycles. The number of pyridine rings is 1. The zero-order valence-electron chi connectivity index (χ0n) is 17.4. The number of rotatable bonds is 5. The summed E-state index contributed by atoms with van der Waals surface area (Å²) in [4.78, 5) is 52.3. The molecule has 0 spiro atoms. The van der Waals surface area contributed by atoms with Gasteiger partial charge in [-0.15, -0.1) is 0 Å². The van der Waals surface area contributed by atoms with Crippen molar-refractivity contribution in [1.82, 2.24) is 24.6 Å². The van der Waals surface area contributed by atoms with Crippen LogP contribution in [-0.4, -0.2) is 37.6 Å². The van der Waals surface area contributed by atoms with E-state index in [2.05, 4.69) is 15.4 Å². The molecule has 1 aliphatic heterocycles. The SMILES string of the molecule is CC1(C)CC(=O)c2cc(C(=O)NCCCn3nc4n(c3=O)CCCC4)c(=O)[nH]c2C1. The second-order valence-corrected chi connectivity index (χ2v) is 8.99. The Kier molecular flexibility index (Phi) is 5.21. The van der Waals surface area contributed by atoms with E-state index in [1.807, 2.05) is 13.8 Å². The summed E-state index contributed by atoms with van der Waals surface area (Å²) < 4.78 is 3.16. The van der Waals surface area contributed by atoms with Crippen LogP contribution in [0.4, 0.5) is 0 Å². The van der Waals surface area contributed by atoms with Gasteiger partial charge in [-0.05, 0) is 37.2 Å². The lowest BCUT2D eigenvalue weighted by atomic mass is 9.75. The molecule has 4 rings (SSSR count). The van der Waals surface area contributed by atoms with Crippen LogP contribution in [0.15, 0.2) is 15.7 Å². The van der Waals surface area contributed by atoms with Gasteiger partial charge in [-0.2, -0.15) is 5.10 Å². The minimum Gasteiger partial charge on any atom is -0.352 e. The number of aromatic nitrogens is 4. The Labute approximate surface area is 173 Å². The van der Waals surface area contributed by atoms with Crippen LogP contribution < -0.4 is 16.6 Å². The molecular weight excluding hydrogens is 386 g/mol. The highest BCUT2D eigenvalue weighted by molar-refractivity contribution is 6.02. The normalized spacial score (nSPS) is 17.3. The molecule has 0 saturated heterocycles. The van der Waals surface area contributed by atoms with Crippen molar-refractivity contribution in [2.45, 2.75) is 65.5 Å². The first-order chi connectivity index (χ1) is 14.2. The van der Waals surface area contributed by atoms with Gasteiger partial charge in [-0.3, -0.25) is 19.0 Å². The topological polar surface area (TPSA) is 119 Å². The van der Waals surface area contributed by atoms with Crippen molar-refractivity contribution < 1.29 is 9.59 Å². The molecule has 9 heteroatoms. The van der Waals surface area contributed by atoms with E-state index in [9.17, 15) is 19.2 Å². The summed E-state index contributed by atoms with van der Waals surface area (Å²) in [6.07, 6.45) is 4.34. The second-order valence-electron chi connectivity index (χ2n) is 8.99. The number of ketones is 1. The van der Waals surface area contributed by atoms with Crippen LogP contribution >= 0.6 is 0 Å². The number of nitrogens with one attached hydrogen (secondary N) is 2. The van der Waals surface area contributed by atoms with Gasteiger partial charge in [0.2, 0.25) is 0 Å². The van der Waals surface area contributed by atoms with E-state index in [4.69, 9.17) is 0 Å². The number of H-pyrrole nitrogens is 1. The molecule has 1 amide bonds. The predicted molar refractivity (Wildman–Crippen MR) is 110 cm³/mol. The average molecular weight is 413 g/mol. The first-order valence-electron chi connectivity index (χ1n) is 10.5. The van der Waals surface area contributed by atoms with Gasteiger partial charge >= 0.3 is 5.69 Å². The second kappa shape index (κ2) is 7.70. The molecule has 30 heavy (non-hydrogen) atoms. The van der Waals surface area contributed by atoms with E-state index in [-0.39, 0.29) is 22.5 Å². The molecule has 0 bridgehead atoms. The quantitative estimate of drug-likeness (QED) is 0.710. The van der Waals surface area contributed by atoms with Gasteiger partial charge in [0.1, 0.15) is 11.4 Å². The molecule has 0 atom stereocenters. The standard InChI is InChI=1S/C21H27N5O4/c1-21(2)11-15-13(16(27)12-21)10-14(19(29)23-15)18(28)22-7-5-9-26-20(30)25-8-4-3-6-17(25)24-26/h10H,3-9,11-12H2,1-2H3,(H,22,28)(H,23,29). The van der Waals surface area contributed by atoms with Crippen LogP contribution in [0.2, 0.25) is 0 Å². The largest absolute Gasteiger partial charge is 0.352 e. The Balaban J connectivity index is 1.39. The number of amides is 1. The third-order valence-electron chi connectivity index (χ3n) is 5.83. The first-order valence-corrected chi connectivity index (χ1v) is 10.5. The Hall–Kier alpha value is -2.97. The average Bonchev–Trinajstić information content (AvgIpc) is 2.99. The summed E-state index contributed by atoms with van der Waals surface area (Å²) in [6.45, 7) is 5.36. The summed E-state index contributed by atoms with van der Waals surface area (Å²) in [5.74, 6) is 0.242. The van der Waals surface area contributed by atoms with Crippen LogP contribution in [0.25, 0.3) is 0 Å². The van der Waals surface area contributed by atoms with Crippen molar-refractivity contribution in [2.24, 2.45) is 5.41 Å². The summed E-state index contributed by atoms with van der Waals surface area (Å²) in [6, 6.07) is 1.41. The molecule has 0 unspecified atom stereocenters. The van der Waals surface area contributed by atoms with Crippen LogP contribution in [0.3, 0.4) is 0 Å². The van der Waals surface area contributed by atoms with Crippen molar-refractivity contribution >= 4 is 11.7 Å². The van der Waals surface area contributed by atoms with E-state index in [0.717, 1.165) is 25.1 Å². The number of fused-ring (bicyclic) bond motifs is 2. The fourth-order valence-electron chi connectivity index (χ4n) is 4.32. The smallest absolute Gasteiger partial charge is 0.345 e. The molecule has 2 aliphatic rings. The molecule has 9 nitrogen and oxygen atoms in total. The van der Waals surface area contributed by atoms with Gasteiger partial charge in [0.25, 0.3) is 11.5 Å². The van der Waals surface area contributed by atoms with E-state index in [0.29, 0.717) is 50.2 Å². The number of aromatic amines is 1. The van der Waals surface area contributed by atoms with Gasteiger partial charge in [0.05, 0.1) is 0 Å². The number of nitrogens with zero attached hydrogens (tertiary/aromatic N) is 3. The number of hydrogen-bond acceptors (Lipinski definition) is 5. The maximum absolute atomic E-state index is 12.5. The summed E-state index contributed by atoms with van der Waals surface area (Å²) in [7, 11) is 0. The third-order valence-corrected chi connectivity index (χ3v) is 5.83. The van der Waals surface area contributed by atoms with Gasteiger partial charge in [-0.1, -0.05) is 13.8 Å². The first kappa shape index (κ1) is 20.3. The zero-order chi connectivity index (χ0) is 21.5. The van der Waals surface area contributed by atoms with E-state index < -0.39 is 11.5 Å². The molecule has 1 aliphatic carbocycles. The van der Waals surface area contributed by atoms with E-state index in [1.54, 1.807) is 4.57 Å². The highest BCUT2D eigenvalue weighted by atomic mass is 16.2. The maximum atomic E-state index is 12.5. The molecule has 0 fully saturated rings. The van der Waals surface area contributed by atoms with Crippen LogP contribution in [0.5, 0.6) is 0 Å². The lowest BCUT2D eigenvalue weighted by Crippen LogP contribution is -2.35. The van der Waals surface area contributed by atoms with Gasteiger partial charge < -0.3 is 10.3 Å². The fraction of sp³-hybridized carbons (Fsp3) is 0.571. The Morgan fingerprint density at radius 2 is 2.03 bits per heavy atom. The van der Waals surface area contributed by atoms with E-state index >= 15 is 0 Å². The van der Waals surface area contributed by atoms with Crippen molar-refractivity contribution in [3.05, 3.63) is 49.5 Å². The lowest BCUT2D eigenvalue weighted by molar-refractivity contribution is 0.0910. The monoisotopic (exact) mass is 413 g/mol. The molecule has 160 valence electrons. The predicted octanol–water partition coefficient (Wildman–Crippen LogP) is 1.04. The van der Waals surface area contributed by atoms with Crippen LogP contribution in [-0.2, 0) is 25.9 Å². The number of carbonyl (C=O) groups excluding carboxylic acids is 2. The fourth-order valence-corrected chi connectivity index (χ4v) is 4.32. The minimum atomic E-state index is -0.520. The van der Waals surface area contributed by atoms with Gasteiger partial charge in [0, 0.05) is 43.7 Å². The lowest BCUT2D eigenvalue weighted by Gasteiger charge is -2.29. The summed E-state index contributed by atoms with van der Waals surface area (Å²) >= 11 is 0. The van der Waals surface area contributed by atoms with Crippen molar-refractivity contribution in [1.29, 1.82) is 0 Å². The maximum Gasteiger partial charge on any atom is 0.345 e. The molecule has 0 aromatic carbocycles. The van der Waals surface area contributed by atoms with E-state index in [1.165, 1.54) is 10.7 Å². The highest BCUT2D eigenvalue weighted by Gasteiger charge is 2.32. The van der Waals surface area contributed by atoms with Crippen LogP contribution in [0.1, 0.15) is 71.8 Å². The highest BCUT2D eigenvalue weighted by Crippen LogP contribution is 2.33. The van der Waals surface area contributed by atoms with Crippen LogP contribution in [0, 0.1) is 5.41 Å². The molecule has 3 heterocycles. The van der Waals surface area contributed by atoms with Crippen molar-refractivity contribution in [3.63, 3.8) is 0 Å². The third kappa shape index (κ3) is 3.88. The summed E-state index contributed by atoms with van der Waals surface area (Å²) in [5, 5.41) is 7.08. The Morgan fingerprint density at radius 3 is 2.80 bits per heavy atom. The Morgan fingerprint density at radius 1 is 1.23 bits per heavy atom. The van der Waals surface area contributed by atoms with Crippen molar-refractivity contribution in [3.8, 4) is 0 Å². The minimum absolute atomic E-state index is 0.0589.